The predicted octanol–water partition coefficient (Wildman–Crippen LogP) is 0.977. The average Bonchev–Trinajstić information content (AvgIpc) is 2.69. The number of rotatable bonds is 5. The van der Waals surface area contributed by atoms with Gasteiger partial charge in [-0.2, -0.15) is 4.31 Å². The molecule has 0 bridgehead atoms. The molecule has 1 aliphatic heterocycles. The Balaban J connectivity index is 1.88. The van der Waals surface area contributed by atoms with Crippen molar-refractivity contribution in [2.75, 3.05) is 31.6 Å². The minimum Gasteiger partial charge on any atom is -0.545 e. The number of carbonyl (C=O) groups is 2. The van der Waals surface area contributed by atoms with Gasteiger partial charge in [0.05, 0.1) is 34.7 Å². The molecule has 10 heteroatoms. The number of hydrogen-bond donors (Lipinski definition) is 1. The third-order valence-electron chi connectivity index (χ3n) is 4.15. The SMILES string of the molecule is O=C([O-])c1cccc(NC(=O)c2cc(S(=O)(=O)N3CCOCC3)ccc2Cl)c1. The summed E-state index contributed by atoms with van der Waals surface area (Å²) in [6.07, 6.45) is 0. The Hall–Kier alpha value is -2.46. The van der Waals surface area contributed by atoms with Gasteiger partial charge in [0.15, 0.2) is 0 Å². The van der Waals surface area contributed by atoms with Crippen LogP contribution in [0.4, 0.5) is 5.69 Å². The van der Waals surface area contributed by atoms with Gasteiger partial charge in [0, 0.05) is 18.8 Å². The van der Waals surface area contributed by atoms with E-state index < -0.39 is 21.9 Å². The zero-order valence-electron chi connectivity index (χ0n) is 14.6. The Labute approximate surface area is 166 Å². The highest BCUT2D eigenvalue weighted by Gasteiger charge is 2.27. The smallest absolute Gasteiger partial charge is 0.257 e. The van der Waals surface area contributed by atoms with E-state index in [9.17, 15) is 23.1 Å². The van der Waals surface area contributed by atoms with Gasteiger partial charge < -0.3 is 20.0 Å². The van der Waals surface area contributed by atoms with Crippen LogP contribution < -0.4 is 10.4 Å². The summed E-state index contributed by atoms with van der Waals surface area (Å²) in [5, 5.41) is 13.5. The number of carboxylic acids is 1. The van der Waals surface area contributed by atoms with E-state index in [2.05, 4.69) is 5.32 Å². The number of ether oxygens (including phenoxy) is 1. The number of carbonyl (C=O) groups excluding carboxylic acids is 2. The normalized spacial score (nSPS) is 15.2. The number of benzene rings is 2. The van der Waals surface area contributed by atoms with Crippen molar-refractivity contribution in [2.24, 2.45) is 0 Å². The summed E-state index contributed by atoms with van der Waals surface area (Å²) in [7, 11) is -3.80. The van der Waals surface area contributed by atoms with Gasteiger partial charge in [-0.15, -0.1) is 0 Å². The largest absolute Gasteiger partial charge is 0.545 e. The third-order valence-corrected chi connectivity index (χ3v) is 6.37. The molecule has 8 nitrogen and oxygen atoms in total. The van der Waals surface area contributed by atoms with Gasteiger partial charge in [-0.05, 0) is 35.9 Å². The van der Waals surface area contributed by atoms with Crippen LogP contribution in [-0.2, 0) is 14.8 Å². The quantitative estimate of drug-likeness (QED) is 0.766. The lowest BCUT2D eigenvalue weighted by Crippen LogP contribution is -2.40. The summed E-state index contributed by atoms with van der Waals surface area (Å²) in [6.45, 7) is 1.05. The number of nitrogens with zero attached hydrogens (tertiary/aromatic N) is 1. The van der Waals surface area contributed by atoms with E-state index in [0.29, 0.717) is 13.2 Å². The molecule has 0 saturated carbocycles. The van der Waals surface area contributed by atoms with Crippen molar-refractivity contribution in [2.45, 2.75) is 4.90 Å². The molecule has 0 radical (unpaired) electrons. The Morgan fingerprint density at radius 1 is 1.11 bits per heavy atom. The molecule has 0 atom stereocenters. The fourth-order valence-corrected chi connectivity index (χ4v) is 4.34. The number of anilines is 1. The minimum absolute atomic E-state index is 0.0464. The highest BCUT2D eigenvalue weighted by Crippen LogP contribution is 2.24. The second-order valence-corrected chi connectivity index (χ2v) is 8.33. The summed E-state index contributed by atoms with van der Waals surface area (Å²) in [4.78, 5) is 23.5. The van der Waals surface area contributed by atoms with Crippen molar-refractivity contribution in [1.29, 1.82) is 0 Å². The highest BCUT2D eigenvalue weighted by molar-refractivity contribution is 7.89. The van der Waals surface area contributed by atoms with E-state index in [0.717, 1.165) is 0 Å². The number of sulfonamides is 1. The molecule has 3 rings (SSSR count). The van der Waals surface area contributed by atoms with Crippen molar-refractivity contribution in [3.63, 3.8) is 0 Å². The molecule has 0 unspecified atom stereocenters. The zero-order chi connectivity index (χ0) is 20.3. The van der Waals surface area contributed by atoms with Gasteiger partial charge in [-0.3, -0.25) is 4.79 Å². The third kappa shape index (κ3) is 4.33. The fourth-order valence-electron chi connectivity index (χ4n) is 2.70. The number of halogens is 1. The second-order valence-electron chi connectivity index (χ2n) is 5.98. The molecule has 1 aliphatic rings. The van der Waals surface area contributed by atoms with Crippen LogP contribution in [0.15, 0.2) is 47.4 Å². The summed E-state index contributed by atoms with van der Waals surface area (Å²) in [5.74, 6) is -2.05. The minimum atomic E-state index is -3.80. The molecular weight excluding hydrogens is 408 g/mol. The number of hydrogen-bond acceptors (Lipinski definition) is 6. The molecule has 2 aromatic carbocycles. The first kappa shape index (κ1) is 20.3. The maximum atomic E-state index is 12.8. The van der Waals surface area contributed by atoms with Crippen LogP contribution >= 0.6 is 11.6 Å². The van der Waals surface area contributed by atoms with E-state index in [1.807, 2.05) is 0 Å². The molecule has 1 saturated heterocycles. The van der Waals surface area contributed by atoms with E-state index in [4.69, 9.17) is 16.3 Å². The second kappa shape index (κ2) is 8.27. The number of aromatic carboxylic acids is 1. The van der Waals surface area contributed by atoms with Crippen LogP contribution in [0.1, 0.15) is 20.7 Å². The average molecular weight is 424 g/mol. The van der Waals surface area contributed by atoms with Gasteiger partial charge in [0.1, 0.15) is 0 Å². The van der Waals surface area contributed by atoms with Crippen molar-refractivity contribution >= 4 is 39.2 Å². The molecule has 0 spiro atoms. The Morgan fingerprint density at radius 3 is 2.50 bits per heavy atom. The van der Waals surface area contributed by atoms with Crippen molar-refractivity contribution in [3.8, 4) is 0 Å². The zero-order valence-corrected chi connectivity index (χ0v) is 16.1. The number of carboxylic acid groups (broad SMARTS) is 1. The first-order valence-electron chi connectivity index (χ1n) is 8.29. The Bertz CT molecular complexity index is 1020. The molecule has 148 valence electrons. The molecule has 1 N–H and O–H groups in total. The molecule has 2 aromatic rings. The van der Waals surface area contributed by atoms with E-state index >= 15 is 0 Å². The summed E-state index contributed by atoms with van der Waals surface area (Å²) in [6, 6.07) is 9.37. The maximum absolute atomic E-state index is 12.8. The van der Waals surface area contributed by atoms with E-state index in [1.54, 1.807) is 0 Å². The van der Waals surface area contributed by atoms with Crippen molar-refractivity contribution in [1.82, 2.24) is 4.31 Å². The van der Waals surface area contributed by atoms with Gasteiger partial charge in [-0.25, -0.2) is 8.42 Å². The number of nitrogens with one attached hydrogen (secondary N) is 1. The van der Waals surface area contributed by atoms with E-state index in [-0.39, 0.29) is 39.8 Å². The van der Waals surface area contributed by atoms with Crippen LogP contribution in [0, 0.1) is 0 Å². The summed E-state index contributed by atoms with van der Waals surface area (Å²) < 4.78 is 32.0. The Morgan fingerprint density at radius 2 is 1.82 bits per heavy atom. The molecule has 0 aromatic heterocycles. The first-order valence-corrected chi connectivity index (χ1v) is 10.1. The van der Waals surface area contributed by atoms with Crippen LogP contribution in [0.5, 0.6) is 0 Å². The Kier molecular flexibility index (Phi) is 5.99. The van der Waals surface area contributed by atoms with Gasteiger partial charge in [0.2, 0.25) is 10.0 Å². The van der Waals surface area contributed by atoms with E-state index in [1.165, 1.54) is 46.8 Å². The van der Waals surface area contributed by atoms with Crippen LogP contribution in [-0.4, -0.2) is 50.9 Å². The molecular formula is C18H16ClN2O6S-. The van der Waals surface area contributed by atoms with Crippen LogP contribution in [0.2, 0.25) is 5.02 Å². The predicted molar refractivity (Wildman–Crippen MR) is 99.8 cm³/mol. The topological polar surface area (TPSA) is 116 Å². The van der Waals surface area contributed by atoms with Gasteiger partial charge >= 0.3 is 0 Å². The molecule has 28 heavy (non-hydrogen) atoms. The fraction of sp³-hybridized carbons (Fsp3) is 0.222. The lowest BCUT2D eigenvalue weighted by molar-refractivity contribution is -0.255. The molecule has 1 heterocycles. The molecule has 1 fully saturated rings. The van der Waals surface area contributed by atoms with Crippen LogP contribution in [0.3, 0.4) is 0 Å². The maximum Gasteiger partial charge on any atom is 0.257 e. The standard InChI is InChI=1S/C18H17ClN2O6S/c19-16-5-4-14(28(25,26)21-6-8-27-9-7-21)11-15(16)17(22)20-13-3-1-2-12(10-13)18(23)24/h1-5,10-11H,6-9H2,(H,20,22)(H,23,24)/p-1. The number of morpholine rings is 1. The highest BCUT2D eigenvalue weighted by atomic mass is 35.5. The first-order chi connectivity index (χ1) is 13.3. The van der Waals surface area contributed by atoms with Crippen molar-refractivity contribution in [3.05, 3.63) is 58.6 Å². The monoisotopic (exact) mass is 423 g/mol. The van der Waals surface area contributed by atoms with Gasteiger partial charge in [-0.1, -0.05) is 23.7 Å². The lowest BCUT2D eigenvalue weighted by Gasteiger charge is -2.26. The lowest BCUT2D eigenvalue weighted by atomic mass is 10.1. The molecule has 0 aliphatic carbocycles. The number of amides is 1. The summed E-state index contributed by atoms with van der Waals surface area (Å²) in [5.41, 5.74) is 0.0617. The van der Waals surface area contributed by atoms with Crippen LogP contribution in [0.25, 0.3) is 0 Å². The van der Waals surface area contributed by atoms with Gasteiger partial charge in [0.25, 0.3) is 5.91 Å². The summed E-state index contributed by atoms with van der Waals surface area (Å²) >= 11 is 6.08. The molecule has 1 amide bonds. The van der Waals surface area contributed by atoms with Crippen molar-refractivity contribution < 1.29 is 27.9 Å².